The molecule has 6 nitrogen and oxygen atoms in total. The van der Waals surface area contributed by atoms with Gasteiger partial charge in [0.15, 0.2) is 0 Å². The van der Waals surface area contributed by atoms with Gasteiger partial charge in [0.1, 0.15) is 5.75 Å². The van der Waals surface area contributed by atoms with Crippen LogP contribution in [0.25, 0.3) is 0 Å². The fourth-order valence-corrected chi connectivity index (χ4v) is 3.15. The molecule has 6 heteroatoms. The molecule has 134 valence electrons. The van der Waals surface area contributed by atoms with Crippen molar-refractivity contribution in [3.05, 3.63) is 47.8 Å². The van der Waals surface area contributed by atoms with E-state index in [4.69, 9.17) is 4.74 Å². The lowest BCUT2D eigenvalue weighted by atomic mass is 9.96. The van der Waals surface area contributed by atoms with E-state index >= 15 is 0 Å². The van der Waals surface area contributed by atoms with Crippen molar-refractivity contribution in [1.29, 1.82) is 0 Å². The highest BCUT2D eigenvalue weighted by molar-refractivity contribution is 5.93. The van der Waals surface area contributed by atoms with E-state index in [-0.39, 0.29) is 5.91 Å². The van der Waals surface area contributed by atoms with Gasteiger partial charge in [-0.05, 0) is 56.0 Å². The number of methoxy groups -OCH3 is 1. The van der Waals surface area contributed by atoms with Crippen molar-refractivity contribution in [2.75, 3.05) is 26.7 Å². The van der Waals surface area contributed by atoms with Crippen LogP contribution in [0.5, 0.6) is 5.75 Å². The summed E-state index contributed by atoms with van der Waals surface area (Å²) >= 11 is 0. The molecule has 1 amide bonds. The third-order valence-electron chi connectivity index (χ3n) is 4.64. The maximum atomic E-state index is 12.2. The Morgan fingerprint density at radius 3 is 2.96 bits per heavy atom. The van der Waals surface area contributed by atoms with E-state index < -0.39 is 0 Å². The summed E-state index contributed by atoms with van der Waals surface area (Å²) in [5.74, 6) is 1.45. The molecular weight excluding hydrogens is 316 g/mol. The first kappa shape index (κ1) is 17.5. The van der Waals surface area contributed by atoms with Crippen LogP contribution < -0.4 is 15.4 Å². The number of carbonyl (C=O) groups is 1. The summed E-state index contributed by atoms with van der Waals surface area (Å²) in [7, 11) is 1.65. The first-order chi connectivity index (χ1) is 12.2. The summed E-state index contributed by atoms with van der Waals surface area (Å²) in [6.45, 7) is 3.53. The largest absolute Gasteiger partial charge is 0.497 e. The normalized spacial score (nSPS) is 17.2. The van der Waals surface area contributed by atoms with Crippen LogP contribution in [0, 0.1) is 5.92 Å². The molecule has 1 saturated heterocycles. The van der Waals surface area contributed by atoms with Crippen LogP contribution in [0.2, 0.25) is 0 Å². The second-order valence-corrected chi connectivity index (χ2v) is 6.53. The van der Waals surface area contributed by atoms with Crippen molar-refractivity contribution < 1.29 is 9.53 Å². The molecule has 0 radical (unpaired) electrons. The Bertz CT molecular complexity index is 675. The van der Waals surface area contributed by atoms with Crippen LogP contribution in [-0.2, 0) is 6.54 Å². The van der Waals surface area contributed by atoms with Crippen LogP contribution in [-0.4, -0.2) is 42.4 Å². The molecule has 0 spiro atoms. The molecule has 1 aliphatic heterocycles. The SMILES string of the molecule is COc1ccc(Cn2cc(C(=O)NCCC3CCCNC3)cn2)cc1. The first-order valence-electron chi connectivity index (χ1n) is 8.89. The predicted octanol–water partition coefficient (Wildman–Crippen LogP) is 2.06. The highest BCUT2D eigenvalue weighted by Crippen LogP contribution is 2.14. The van der Waals surface area contributed by atoms with Gasteiger partial charge in [0.05, 0.1) is 25.4 Å². The van der Waals surface area contributed by atoms with Crippen molar-refractivity contribution in [3.63, 3.8) is 0 Å². The Balaban J connectivity index is 1.47. The summed E-state index contributed by atoms with van der Waals surface area (Å²) in [5.41, 5.74) is 1.72. The molecule has 25 heavy (non-hydrogen) atoms. The number of aromatic nitrogens is 2. The summed E-state index contributed by atoms with van der Waals surface area (Å²) in [4.78, 5) is 12.2. The zero-order chi connectivity index (χ0) is 17.5. The molecule has 0 saturated carbocycles. The van der Waals surface area contributed by atoms with E-state index in [0.717, 1.165) is 37.4 Å². The summed E-state index contributed by atoms with van der Waals surface area (Å²) in [6.07, 6.45) is 6.93. The molecule has 2 N–H and O–H groups in total. The highest BCUT2D eigenvalue weighted by atomic mass is 16.5. The van der Waals surface area contributed by atoms with Crippen LogP contribution in [0.1, 0.15) is 35.2 Å². The number of nitrogens with zero attached hydrogens (tertiary/aromatic N) is 2. The van der Waals surface area contributed by atoms with Crippen LogP contribution >= 0.6 is 0 Å². The van der Waals surface area contributed by atoms with Gasteiger partial charge in [0.2, 0.25) is 0 Å². The van der Waals surface area contributed by atoms with Crippen LogP contribution in [0.15, 0.2) is 36.7 Å². The summed E-state index contributed by atoms with van der Waals surface area (Å²) in [6, 6.07) is 7.84. The van der Waals surface area contributed by atoms with Gasteiger partial charge in [-0.15, -0.1) is 0 Å². The molecule has 3 rings (SSSR count). The number of nitrogens with one attached hydrogen (secondary N) is 2. The van der Waals surface area contributed by atoms with E-state index in [1.54, 1.807) is 24.2 Å². The number of ether oxygens (including phenoxy) is 1. The minimum atomic E-state index is -0.0512. The Kier molecular flexibility index (Phi) is 6.06. The lowest BCUT2D eigenvalue weighted by Crippen LogP contribution is -2.33. The standard InChI is InChI=1S/C19H26N4O2/c1-25-18-6-4-16(5-7-18)13-23-14-17(12-22-23)19(24)21-10-8-15-3-2-9-20-11-15/h4-7,12,14-15,20H,2-3,8-11,13H2,1H3,(H,21,24). The van der Waals surface area contributed by atoms with E-state index in [1.165, 1.54) is 12.8 Å². The first-order valence-corrected chi connectivity index (χ1v) is 8.89. The van der Waals surface area contributed by atoms with Crippen molar-refractivity contribution in [1.82, 2.24) is 20.4 Å². The third-order valence-corrected chi connectivity index (χ3v) is 4.64. The van der Waals surface area contributed by atoms with Crippen LogP contribution in [0.4, 0.5) is 0 Å². The number of piperidine rings is 1. The van der Waals surface area contributed by atoms with Crippen molar-refractivity contribution >= 4 is 5.91 Å². The lowest BCUT2D eigenvalue weighted by molar-refractivity contribution is 0.0950. The van der Waals surface area contributed by atoms with E-state index in [1.807, 2.05) is 24.3 Å². The van der Waals surface area contributed by atoms with Crippen molar-refractivity contribution in [3.8, 4) is 5.75 Å². The quantitative estimate of drug-likeness (QED) is 0.808. The average Bonchev–Trinajstić information content (AvgIpc) is 3.12. The zero-order valence-electron chi connectivity index (χ0n) is 14.7. The smallest absolute Gasteiger partial charge is 0.254 e. The van der Waals surface area contributed by atoms with Gasteiger partial charge < -0.3 is 15.4 Å². The van der Waals surface area contributed by atoms with Gasteiger partial charge in [-0.3, -0.25) is 9.48 Å². The number of rotatable bonds is 7. The molecule has 1 aromatic carbocycles. The molecule has 1 aliphatic rings. The third kappa shape index (κ3) is 5.06. The summed E-state index contributed by atoms with van der Waals surface area (Å²) < 4.78 is 6.94. The number of hydrogen-bond donors (Lipinski definition) is 2. The van der Waals surface area contributed by atoms with Gasteiger partial charge >= 0.3 is 0 Å². The van der Waals surface area contributed by atoms with E-state index in [9.17, 15) is 4.79 Å². The Morgan fingerprint density at radius 2 is 2.24 bits per heavy atom. The Labute approximate surface area is 148 Å². The van der Waals surface area contributed by atoms with Crippen LogP contribution in [0.3, 0.4) is 0 Å². The van der Waals surface area contributed by atoms with E-state index in [2.05, 4.69) is 15.7 Å². The topological polar surface area (TPSA) is 68.2 Å². The van der Waals surface area contributed by atoms with E-state index in [0.29, 0.717) is 18.0 Å². The van der Waals surface area contributed by atoms with Gasteiger partial charge in [0, 0.05) is 12.7 Å². The number of carbonyl (C=O) groups excluding carboxylic acids is 1. The molecule has 0 bridgehead atoms. The molecule has 2 heterocycles. The second kappa shape index (κ2) is 8.67. The lowest BCUT2D eigenvalue weighted by Gasteiger charge is -2.22. The molecular formula is C19H26N4O2. The van der Waals surface area contributed by atoms with Gasteiger partial charge in [0.25, 0.3) is 5.91 Å². The minimum Gasteiger partial charge on any atom is -0.497 e. The monoisotopic (exact) mass is 342 g/mol. The fourth-order valence-electron chi connectivity index (χ4n) is 3.15. The van der Waals surface area contributed by atoms with Gasteiger partial charge in [-0.25, -0.2) is 0 Å². The average molecular weight is 342 g/mol. The number of benzene rings is 1. The number of amides is 1. The fraction of sp³-hybridized carbons (Fsp3) is 0.474. The predicted molar refractivity (Wildman–Crippen MR) is 96.9 cm³/mol. The molecule has 2 aromatic rings. The maximum Gasteiger partial charge on any atom is 0.254 e. The molecule has 1 aromatic heterocycles. The Morgan fingerprint density at radius 1 is 1.40 bits per heavy atom. The molecule has 1 fully saturated rings. The van der Waals surface area contributed by atoms with Crippen molar-refractivity contribution in [2.45, 2.75) is 25.8 Å². The van der Waals surface area contributed by atoms with Gasteiger partial charge in [-0.2, -0.15) is 5.10 Å². The Hall–Kier alpha value is -2.34. The highest BCUT2D eigenvalue weighted by Gasteiger charge is 2.14. The second-order valence-electron chi connectivity index (χ2n) is 6.53. The molecule has 1 atom stereocenters. The van der Waals surface area contributed by atoms with Gasteiger partial charge in [-0.1, -0.05) is 12.1 Å². The number of hydrogen-bond acceptors (Lipinski definition) is 4. The molecule has 1 unspecified atom stereocenters. The zero-order valence-corrected chi connectivity index (χ0v) is 14.7. The molecule has 0 aliphatic carbocycles. The minimum absolute atomic E-state index is 0.0512. The summed E-state index contributed by atoms with van der Waals surface area (Å²) in [5, 5.41) is 10.7. The maximum absolute atomic E-state index is 12.2. The van der Waals surface area contributed by atoms with Crippen molar-refractivity contribution in [2.24, 2.45) is 5.92 Å².